The van der Waals surface area contributed by atoms with Gasteiger partial charge in [-0.05, 0) is 26.0 Å². The third kappa shape index (κ3) is 3.54. The Balaban J connectivity index is 2.02. The molecule has 100 valence electrons. The highest BCUT2D eigenvalue weighted by molar-refractivity contribution is 7.13. The van der Waals surface area contributed by atoms with Crippen LogP contribution in [0, 0.1) is 6.92 Å². The molecule has 1 heterocycles. The number of aromatic nitrogens is 1. The topological polar surface area (TPSA) is 51.2 Å². The van der Waals surface area contributed by atoms with Crippen molar-refractivity contribution in [2.45, 2.75) is 20.5 Å². The first kappa shape index (κ1) is 13.5. The van der Waals surface area contributed by atoms with Crippen LogP contribution >= 0.6 is 11.3 Å². The van der Waals surface area contributed by atoms with Crippen LogP contribution < -0.4 is 10.1 Å². The predicted molar refractivity (Wildman–Crippen MR) is 75.6 cm³/mol. The molecule has 0 fully saturated rings. The maximum Gasteiger partial charge on any atom is 0.263 e. The van der Waals surface area contributed by atoms with Crippen molar-refractivity contribution in [3.8, 4) is 5.75 Å². The summed E-state index contributed by atoms with van der Waals surface area (Å²) < 4.78 is 5.62. The third-order valence-corrected chi connectivity index (χ3v) is 3.62. The summed E-state index contributed by atoms with van der Waals surface area (Å²) in [5.41, 5.74) is 0.752. The molecule has 5 heteroatoms. The lowest BCUT2D eigenvalue weighted by Crippen LogP contribution is -2.22. The highest BCUT2D eigenvalue weighted by atomic mass is 32.1. The molecule has 0 aliphatic carbocycles. The average Bonchev–Trinajstić information content (AvgIpc) is 2.79. The summed E-state index contributed by atoms with van der Waals surface area (Å²) in [7, 11) is 0. The smallest absolute Gasteiger partial charge is 0.263 e. The fourth-order valence-corrected chi connectivity index (χ4v) is 2.52. The molecule has 0 radical (unpaired) electrons. The molecule has 0 aliphatic heterocycles. The van der Waals surface area contributed by atoms with Crippen LogP contribution in [-0.2, 0) is 6.61 Å². The fourth-order valence-electron chi connectivity index (χ4n) is 1.63. The Labute approximate surface area is 116 Å². The van der Waals surface area contributed by atoms with E-state index in [1.54, 1.807) is 0 Å². The van der Waals surface area contributed by atoms with E-state index in [9.17, 15) is 4.79 Å². The molecular weight excluding hydrogens is 260 g/mol. The molecule has 1 N–H and O–H groups in total. The van der Waals surface area contributed by atoms with Gasteiger partial charge in [0.1, 0.15) is 22.2 Å². The van der Waals surface area contributed by atoms with E-state index in [4.69, 9.17) is 4.74 Å². The quantitative estimate of drug-likeness (QED) is 0.913. The normalized spacial score (nSPS) is 10.2. The molecule has 0 spiro atoms. The van der Waals surface area contributed by atoms with E-state index in [2.05, 4.69) is 10.3 Å². The molecule has 0 unspecified atom stereocenters. The van der Waals surface area contributed by atoms with Crippen LogP contribution in [0.3, 0.4) is 0 Å². The molecule has 0 bridgehead atoms. The van der Waals surface area contributed by atoms with Crippen LogP contribution in [0.4, 0.5) is 0 Å². The summed E-state index contributed by atoms with van der Waals surface area (Å²) in [6.45, 7) is 4.74. The number of aryl methyl sites for hydroxylation is 1. The number of hydrogen-bond donors (Lipinski definition) is 1. The summed E-state index contributed by atoms with van der Waals surface area (Å²) in [5.74, 6) is 0.735. The summed E-state index contributed by atoms with van der Waals surface area (Å²) >= 11 is 1.38. The molecule has 1 amide bonds. The number of nitrogens with zero attached hydrogens (tertiary/aromatic N) is 1. The number of benzene rings is 1. The van der Waals surface area contributed by atoms with Gasteiger partial charge >= 0.3 is 0 Å². The zero-order valence-electron chi connectivity index (χ0n) is 11.0. The van der Waals surface area contributed by atoms with E-state index in [1.165, 1.54) is 11.3 Å². The van der Waals surface area contributed by atoms with Crippen LogP contribution in [-0.4, -0.2) is 17.4 Å². The Morgan fingerprint density at radius 1 is 1.37 bits per heavy atom. The third-order valence-electron chi connectivity index (χ3n) is 2.49. The number of ether oxygens (including phenoxy) is 1. The SMILES string of the molecule is CCNC(=O)c1sc(COc2ccccc2)nc1C. The number of carbonyl (C=O) groups is 1. The molecule has 19 heavy (non-hydrogen) atoms. The molecule has 0 saturated carbocycles. The number of amides is 1. The van der Waals surface area contributed by atoms with Crippen LogP contribution in [0.1, 0.15) is 27.3 Å². The second-order valence-electron chi connectivity index (χ2n) is 3.98. The van der Waals surface area contributed by atoms with Gasteiger partial charge in [0.15, 0.2) is 0 Å². The van der Waals surface area contributed by atoms with Crippen molar-refractivity contribution in [2.24, 2.45) is 0 Å². The van der Waals surface area contributed by atoms with Gasteiger partial charge in [0.25, 0.3) is 5.91 Å². The van der Waals surface area contributed by atoms with Crippen LogP contribution in [0.25, 0.3) is 0 Å². The Hall–Kier alpha value is -1.88. The lowest BCUT2D eigenvalue weighted by atomic mass is 10.3. The minimum atomic E-state index is -0.0662. The molecule has 4 nitrogen and oxygen atoms in total. The number of hydrogen-bond acceptors (Lipinski definition) is 4. The van der Waals surface area contributed by atoms with Crippen molar-refractivity contribution >= 4 is 17.2 Å². The lowest BCUT2D eigenvalue weighted by molar-refractivity contribution is 0.0959. The Morgan fingerprint density at radius 3 is 2.79 bits per heavy atom. The van der Waals surface area contributed by atoms with Crippen LogP contribution in [0.5, 0.6) is 5.75 Å². The summed E-state index contributed by atoms with van der Waals surface area (Å²) in [5, 5.41) is 3.59. The van der Waals surface area contributed by atoms with Crippen LogP contribution in [0.15, 0.2) is 30.3 Å². The molecule has 1 aromatic carbocycles. The van der Waals surface area contributed by atoms with E-state index in [1.807, 2.05) is 44.2 Å². The van der Waals surface area contributed by atoms with Crippen molar-refractivity contribution in [1.82, 2.24) is 10.3 Å². The van der Waals surface area contributed by atoms with Gasteiger partial charge in [0, 0.05) is 6.54 Å². The molecule has 0 atom stereocenters. The Bertz CT molecular complexity index is 552. The van der Waals surface area contributed by atoms with Crippen molar-refractivity contribution in [3.05, 3.63) is 45.9 Å². The first-order chi connectivity index (χ1) is 9.20. The summed E-state index contributed by atoms with van der Waals surface area (Å²) in [6, 6.07) is 9.56. The maximum atomic E-state index is 11.8. The zero-order valence-corrected chi connectivity index (χ0v) is 11.8. The van der Waals surface area contributed by atoms with Crippen molar-refractivity contribution in [2.75, 3.05) is 6.54 Å². The first-order valence-electron chi connectivity index (χ1n) is 6.13. The summed E-state index contributed by atoms with van der Waals surface area (Å²) in [4.78, 5) is 16.8. The second kappa shape index (κ2) is 6.33. The summed E-state index contributed by atoms with van der Waals surface area (Å²) in [6.07, 6.45) is 0. The highest BCUT2D eigenvalue weighted by Crippen LogP contribution is 2.20. The highest BCUT2D eigenvalue weighted by Gasteiger charge is 2.14. The van der Waals surface area contributed by atoms with Gasteiger partial charge < -0.3 is 10.1 Å². The molecule has 0 aliphatic rings. The number of rotatable bonds is 5. The van der Waals surface area contributed by atoms with Gasteiger partial charge in [0.05, 0.1) is 5.69 Å². The maximum absolute atomic E-state index is 11.8. The molecular formula is C14H16N2O2S. The minimum Gasteiger partial charge on any atom is -0.486 e. The van der Waals surface area contributed by atoms with E-state index < -0.39 is 0 Å². The van der Waals surface area contributed by atoms with Gasteiger partial charge in [-0.25, -0.2) is 4.98 Å². The zero-order chi connectivity index (χ0) is 13.7. The minimum absolute atomic E-state index is 0.0662. The first-order valence-corrected chi connectivity index (χ1v) is 6.94. The predicted octanol–water partition coefficient (Wildman–Crippen LogP) is 2.78. The van der Waals surface area contributed by atoms with E-state index in [0.717, 1.165) is 16.5 Å². The van der Waals surface area contributed by atoms with Gasteiger partial charge in [0.2, 0.25) is 0 Å². The van der Waals surface area contributed by atoms with Gasteiger partial charge in [-0.15, -0.1) is 11.3 Å². The molecule has 2 aromatic rings. The van der Waals surface area contributed by atoms with E-state index >= 15 is 0 Å². The van der Waals surface area contributed by atoms with Crippen LogP contribution in [0.2, 0.25) is 0 Å². The monoisotopic (exact) mass is 276 g/mol. The van der Waals surface area contributed by atoms with Gasteiger partial charge in [-0.2, -0.15) is 0 Å². The Kier molecular flexibility index (Phi) is 4.52. The van der Waals surface area contributed by atoms with Crippen molar-refractivity contribution in [3.63, 3.8) is 0 Å². The number of thiazole rings is 1. The molecule has 0 saturated heterocycles. The largest absolute Gasteiger partial charge is 0.486 e. The van der Waals surface area contributed by atoms with Crippen molar-refractivity contribution in [1.29, 1.82) is 0 Å². The van der Waals surface area contributed by atoms with Gasteiger partial charge in [-0.1, -0.05) is 18.2 Å². The number of para-hydroxylation sites is 1. The number of carbonyl (C=O) groups excluding carboxylic acids is 1. The number of nitrogens with one attached hydrogen (secondary N) is 1. The van der Waals surface area contributed by atoms with Gasteiger partial charge in [-0.3, -0.25) is 4.79 Å². The lowest BCUT2D eigenvalue weighted by Gasteiger charge is -2.02. The average molecular weight is 276 g/mol. The Morgan fingerprint density at radius 2 is 2.11 bits per heavy atom. The standard InChI is InChI=1S/C14H16N2O2S/c1-3-15-14(17)13-10(2)16-12(19-13)9-18-11-7-5-4-6-8-11/h4-8H,3,9H2,1-2H3,(H,15,17). The van der Waals surface area contributed by atoms with E-state index in [-0.39, 0.29) is 5.91 Å². The molecule has 2 rings (SSSR count). The second-order valence-corrected chi connectivity index (χ2v) is 5.07. The van der Waals surface area contributed by atoms with Crippen molar-refractivity contribution < 1.29 is 9.53 Å². The van der Waals surface area contributed by atoms with E-state index in [0.29, 0.717) is 18.0 Å². The fraction of sp³-hybridized carbons (Fsp3) is 0.286. The molecule has 1 aromatic heterocycles.